The summed E-state index contributed by atoms with van der Waals surface area (Å²) in [6.07, 6.45) is 3.57. The van der Waals surface area contributed by atoms with E-state index in [2.05, 4.69) is 20.3 Å². The van der Waals surface area contributed by atoms with Crippen molar-refractivity contribution in [3.63, 3.8) is 0 Å². The summed E-state index contributed by atoms with van der Waals surface area (Å²) in [5.74, 6) is 1.16. The molecule has 0 aliphatic carbocycles. The molecule has 5 nitrogen and oxygen atoms in total. The number of carbonyl (C=O) groups is 1. The van der Waals surface area contributed by atoms with E-state index in [0.717, 1.165) is 38.4 Å². The molecular formula is C20H20N4OS2. The Balaban J connectivity index is 1.49. The molecule has 1 amide bonds. The Hall–Kier alpha value is -2.38. The van der Waals surface area contributed by atoms with Gasteiger partial charge in [0.2, 0.25) is 5.91 Å². The van der Waals surface area contributed by atoms with Gasteiger partial charge in [0.15, 0.2) is 5.16 Å². The molecule has 0 atom stereocenters. The standard InChI is InChI=1S/C20H20N4OS2/c1-14-10-15(2)23-20(22-14)27-18-7-5-17(6-8-18)24-19(25)13-26-12-16-4-3-9-21-11-16/h3-11H,12-13H2,1-2H3,(H,24,25). The Morgan fingerprint density at radius 2 is 1.81 bits per heavy atom. The van der Waals surface area contributed by atoms with Crippen LogP contribution in [0.4, 0.5) is 5.69 Å². The number of carbonyl (C=O) groups excluding carboxylic acids is 1. The molecule has 2 heterocycles. The van der Waals surface area contributed by atoms with E-state index < -0.39 is 0 Å². The van der Waals surface area contributed by atoms with Crippen LogP contribution in [0.3, 0.4) is 0 Å². The summed E-state index contributed by atoms with van der Waals surface area (Å²) in [7, 11) is 0. The molecule has 3 aromatic rings. The molecule has 1 aromatic carbocycles. The average Bonchev–Trinajstić information content (AvgIpc) is 2.63. The maximum Gasteiger partial charge on any atom is 0.234 e. The van der Waals surface area contributed by atoms with Gasteiger partial charge in [0.1, 0.15) is 0 Å². The summed E-state index contributed by atoms with van der Waals surface area (Å²) in [6, 6.07) is 13.6. The number of aryl methyl sites for hydroxylation is 2. The van der Waals surface area contributed by atoms with Crippen molar-refractivity contribution >= 4 is 35.1 Å². The predicted octanol–water partition coefficient (Wildman–Crippen LogP) is 4.51. The van der Waals surface area contributed by atoms with E-state index in [1.807, 2.05) is 62.5 Å². The molecule has 27 heavy (non-hydrogen) atoms. The number of amides is 1. The lowest BCUT2D eigenvalue weighted by Gasteiger charge is -2.07. The van der Waals surface area contributed by atoms with Crippen molar-refractivity contribution in [1.82, 2.24) is 15.0 Å². The van der Waals surface area contributed by atoms with Crippen LogP contribution in [-0.4, -0.2) is 26.6 Å². The number of anilines is 1. The largest absolute Gasteiger partial charge is 0.325 e. The van der Waals surface area contributed by atoms with Gasteiger partial charge in [-0.05, 0) is 67.6 Å². The van der Waals surface area contributed by atoms with Gasteiger partial charge in [-0.25, -0.2) is 9.97 Å². The Labute approximate surface area is 167 Å². The molecule has 0 aliphatic rings. The number of pyridine rings is 1. The molecule has 1 N–H and O–H groups in total. The highest BCUT2D eigenvalue weighted by molar-refractivity contribution is 7.99. The first-order valence-corrected chi connectivity index (χ1v) is 10.4. The van der Waals surface area contributed by atoms with Crippen LogP contribution in [0.1, 0.15) is 17.0 Å². The Bertz CT molecular complexity index is 881. The third kappa shape index (κ3) is 6.37. The Kier molecular flexibility index (Phi) is 6.84. The van der Waals surface area contributed by atoms with Crippen LogP contribution in [0.15, 0.2) is 64.9 Å². The van der Waals surface area contributed by atoms with Crippen molar-refractivity contribution in [2.75, 3.05) is 11.1 Å². The number of aromatic nitrogens is 3. The van der Waals surface area contributed by atoms with Crippen LogP contribution in [0.5, 0.6) is 0 Å². The van der Waals surface area contributed by atoms with Crippen molar-refractivity contribution in [3.8, 4) is 0 Å². The zero-order chi connectivity index (χ0) is 19.1. The van der Waals surface area contributed by atoms with Crippen LogP contribution in [-0.2, 0) is 10.5 Å². The third-order valence-corrected chi connectivity index (χ3v) is 5.41. The van der Waals surface area contributed by atoms with Gasteiger partial charge in [-0.2, -0.15) is 0 Å². The number of hydrogen-bond donors (Lipinski definition) is 1. The number of benzene rings is 1. The maximum absolute atomic E-state index is 12.1. The molecule has 0 radical (unpaired) electrons. The fourth-order valence-corrected chi connectivity index (χ4v) is 4.02. The Morgan fingerprint density at radius 3 is 2.48 bits per heavy atom. The molecule has 2 aromatic heterocycles. The molecule has 7 heteroatoms. The summed E-state index contributed by atoms with van der Waals surface area (Å²) in [4.78, 5) is 26.1. The highest BCUT2D eigenvalue weighted by Gasteiger charge is 2.06. The molecular weight excluding hydrogens is 376 g/mol. The topological polar surface area (TPSA) is 67.8 Å². The van der Waals surface area contributed by atoms with Crippen molar-refractivity contribution < 1.29 is 4.79 Å². The Morgan fingerprint density at radius 1 is 1.07 bits per heavy atom. The van der Waals surface area contributed by atoms with Gasteiger partial charge in [0.05, 0.1) is 5.75 Å². The van der Waals surface area contributed by atoms with Gasteiger partial charge in [-0.3, -0.25) is 9.78 Å². The molecule has 0 fully saturated rings. The SMILES string of the molecule is Cc1cc(C)nc(Sc2ccc(NC(=O)CSCc3cccnc3)cc2)n1. The van der Waals surface area contributed by atoms with Crippen LogP contribution in [0, 0.1) is 13.8 Å². The van der Waals surface area contributed by atoms with Gasteiger partial charge in [0.25, 0.3) is 0 Å². The number of hydrogen-bond acceptors (Lipinski definition) is 6. The van der Waals surface area contributed by atoms with E-state index in [-0.39, 0.29) is 5.91 Å². The second-order valence-corrected chi connectivity index (χ2v) is 7.99. The predicted molar refractivity (Wildman–Crippen MR) is 111 cm³/mol. The lowest BCUT2D eigenvalue weighted by Crippen LogP contribution is -2.14. The number of rotatable bonds is 7. The van der Waals surface area contributed by atoms with E-state index in [1.54, 1.807) is 18.0 Å². The van der Waals surface area contributed by atoms with Crippen molar-refractivity contribution in [1.29, 1.82) is 0 Å². The molecule has 0 saturated heterocycles. The van der Waals surface area contributed by atoms with Crippen LogP contribution in [0.2, 0.25) is 0 Å². The van der Waals surface area contributed by atoms with E-state index in [9.17, 15) is 4.79 Å². The summed E-state index contributed by atoms with van der Waals surface area (Å²) in [5.41, 5.74) is 3.81. The fourth-order valence-electron chi connectivity index (χ4n) is 2.39. The number of thioether (sulfide) groups is 1. The highest BCUT2D eigenvalue weighted by Crippen LogP contribution is 2.26. The highest BCUT2D eigenvalue weighted by atomic mass is 32.2. The van der Waals surface area contributed by atoms with Gasteiger partial charge in [-0.15, -0.1) is 11.8 Å². The quantitative estimate of drug-likeness (QED) is 0.593. The minimum atomic E-state index is -0.0121. The normalized spacial score (nSPS) is 10.6. The van der Waals surface area contributed by atoms with Crippen LogP contribution >= 0.6 is 23.5 Å². The molecule has 138 valence electrons. The first-order chi connectivity index (χ1) is 13.1. The summed E-state index contributed by atoms with van der Waals surface area (Å²) >= 11 is 3.08. The van der Waals surface area contributed by atoms with Crippen molar-refractivity contribution in [2.45, 2.75) is 29.7 Å². The zero-order valence-electron chi connectivity index (χ0n) is 15.2. The van der Waals surface area contributed by atoms with Gasteiger partial charge in [-0.1, -0.05) is 6.07 Å². The van der Waals surface area contributed by atoms with Crippen LogP contribution in [0.25, 0.3) is 0 Å². The summed E-state index contributed by atoms with van der Waals surface area (Å²) in [6.45, 7) is 3.92. The molecule has 0 bridgehead atoms. The maximum atomic E-state index is 12.1. The monoisotopic (exact) mass is 396 g/mol. The zero-order valence-corrected chi connectivity index (χ0v) is 16.8. The second kappa shape index (κ2) is 9.53. The minimum Gasteiger partial charge on any atom is -0.325 e. The van der Waals surface area contributed by atoms with E-state index in [1.165, 1.54) is 11.8 Å². The first kappa shape index (κ1) is 19.4. The van der Waals surface area contributed by atoms with Crippen molar-refractivity contribution in [3.05, 3.63) is 71.8 Å². The van der Waals surface area contributed by atoms with E-state index in [0.29, 0.717) is 5.75 Å². The number of nitrogens with zero attached hydrogens (tertiary/aromatic N) is 3. The van der Waals surface area contributed by atoms with E-state index in [4.69, 9.17) is 0 Å². The number of nitrogens with one attached hydrogen (secondary N) is 1. The second-order valence-electron chi connectivity index (χ2n) is 5.96. The van der Waals surface area contributed by atoms with Gasteiger partial charge >= 0.3 is 0 Å². The third-order valence-electron chi connectivity index (χ3n) is 3.53. The summed E-state index contributed by atoms with van der Waals surface area (Å²) in [5, 5.41) is 3.65. The van der Waals surface area contributed by atoms with E-state index >= 15 is 0 Å². The lowest BCUT2D eigenvalue weighted by molar-refractivity contribution is -0.113. The summed E-state index contributed by atoms with van der Waals surface area (Å²) < 4.78 is 0. The molecule has 0 aliphatic heterocycles. The molecule has 0 unspecified atom stereocenters. The minimum absolute atomic E-state index is 0.0121. The lowest BCUT2D eigenvalue weighted by atomic mass is 10.3. The fraction of sp³-hybridized carbons (Fsp3) is 0.200. The molecule has 0 spiro atoms. The molecule has 0 saturated carbocycles. The van der Waals surface area contributed by atoms with Gasteiger partial charge < -0.3 is 5.32 Å². The average molecular weight is 397 g/mol. The smallest absolute Gasteiger partial charge is 0.234 e. The first-order valence-electron chi connectivity index (χ1n) is 8.45. The van der Waals surface area contributed by atoms with Gasteiger partial charge in [0, 0.05) is 40.1 Å². The van der Waals surface area contributed by atoms with Crippen molar-refractivity contribution in [2.24, 2.45) is 0 Å². The van der Waals surface area contributed by atoms with Crippen LogP contribution < -0.4 is 5.32 Å². The molecule has 3 rings (SSSR count).